The number of ether oxygens (including phenoxy) is 1. The van der Waals surface area contributed by atoms with Crippen LogP contribution >= 0.6 is 0 Å². The second-order valence-corrected chi connectivity index (χ2v) is 3.57. The molecule has 4 nitrogen and oxygen atoms in total. The Morgan fingerprint density at radius 1 is 1.39 bits per heavy atom. The minimum Gasteiger partial charge on any atom is -0.501 e. The Labute approximate surface area is 106 Å². The van der Waals surface area contributed by atoms with Gasteiger partial charge in [0.2, 0.25) is 5.76 Å². The molecule has 1 N–H and O–H groups in total. The van der Waals surface area contributed by atoms with E-state index in [0.29, 0.717) is 12.0 Å². The van der Waals surface area contributed by atoms with Crippen LogP contribution in [-0.4, -0.2) is 17.7 Å². The van der Waals surface area contributed by atoms with Crippen LogP contribution in [0, 0.1) is 11.3 Å². The first kappa shape index (κ1) is 13.8. The van der Waals surface area contributed by atoms with Crippen molar-refractivity contribution < 1.29 is 14.6 Å². The molecule has 0 fully saturated rings. The van der Waals surface area contributed by atoms with Crippen LogP contribution in [0.25, 0.3) is 5.57 Å². The van der Waals surface area contributed by atoms with E-state index in [-0.39, 0.29) is 12.2 Å². The Kier molecular flexibility index (Phi) is 4.94. The number of nitriles is 1. The Morgan fingerprint density at radius 2 is 2.06 bits per heavy atom. The summed E-state index contributed by atoms with van der Waals surface area (Å²) in [5.74, 6) is -1.51. The van der Waals surface area contributed by atoms with E-state index < -0.39 is 11.7 Å². The fourth-order valence-electron chi connectivity index (χ4n) is 1.61. The number of allylic oxidation sites excluding steroid dienone is 1. The maximum atomic E-state index is 11.4. The molecule has 1 aromatic rings. The molecule has 0 saturated carbocycles. The molecule has 0 atom stereocenters. The first-order valence-electron chi connectivity index (χ1n) is 5.74. The first-order valence-corrected chi connectivity index (χ1v) is 5.74. The quantitative estimate of drug-likeness (QED) is 0.383. The van der Waals surface area contributed by atoms with E-state index >= 15 is 0 Å². The molecular weight excluding hydrogens is 230 g/mol. The summed E-state index contributed by atoms with van der Waals surface area (Å²) >= 11 is 0. The van der Waals surface area contributed by atoms with Crippen LogP contribution < -0.4 is 0 Å². The third-order valence-corrected chi connectivity index (χ3v) is 2.48. The Morgan fingerprint density at radius 3 is 2.61 bits per heavy atom. The van der Waals surface area contributed by atoms with Gasteiger partial charge in [0.05, 0.1) is 6.61 Å². The standard InChI is InChI=1S/C14H15NO3/c1-3-10-7-5-6-8-11(10)12(9-15)13(16)14(17)18-4-2/h5-8,16H,3-4H2,1-2H3/b13-12+. The lowest BCUT2D eigenvalue weighted by atomic mass is 9.98. The van der Waals surface area contributed by atoms with Crippen molar-refractivity contribution >= 4 is 11.5 Å². The highest BCUT2D eigenvalue weighted by Crippen LogP contribution is 2.22. The van der Waals surface area contributed by atoms with Gasteiger partial charge in [-0.15, -0.1) is 0 Å². The van der Waals surface area contributed by atoms with Crippen molar-refractivity contribution in [3.05, 3.63) is 41.2 Å². The third kappa shape index (κ3) is 2.89. The fraction of sp³-hybridized carbons (Fsp3) is 0.286. The summed E-state index contributed by atoms with van der Waals surface area (Å²) in [4.78, 5) is 11.4. The summed E-state index contributed by atoms with van der Waals surface area (Å²) in [6.45, 7) is 3.73. The van der Waals surface area contributed by atoms with E-state index in [1.165, 1.54) is 0 Å². The molecule has 0 radical (unpaired) electrons. The normalized spacial score (nSPS) is 11.4. The number of rotatable bonds is 4. The molecule has 1 aromatic carbocycles. The lowest BCUT2D eigenvalue weighted by Gasteiger charge is -2.08. The van der Waals surface area contributed by atoms with E-state index in [4.69, 9.17) is 5.26 Å². The summed E-state index contributed by atoms with van der Waals surface area (Å²) in [5, 5.41) is 18.9. The number of aliphatic hydroxyl groups excluding tert-OH is 1. The number of aryl methyl sites for hydroxylation is 1. The molecule has 0 spiro atoms. The highest BCUT2D eigenvalue weighted by atomic mass is 16.5. The predicted molar refractivity (Wildman–Crippen MR) is 67.6 cm³/mol. The van der Waals surface area contributed by atoms with Crippen molar-refractivity contribution in [3.63, 3.8) is 0 Å². The number of benzene rings is 1. The first-order chi connectivity index (χ1) is 8.65. The summed E-state index contributed by atoms with van der Waals surface area (Å²) in [5.41, 5.74) is 1.41. The second kappa shape index (κ2) is 6.45. The Bertz CT molecular complexity index is 512. The molecule has 0 heterocycles. The number of esters is 1. The monoisotopic (exact) mass is 245 g/mol. The van der Waals surface area contributed by atoms with Crippen LogP contribution in [0.5, 0.6) is 0 Å². The van der Waals surface area contributed by atoms with Gasteiger partial charge in [-0.25, -0.2) is 4.79 Å². The van der Waals surface area contributed by atoms with Gasteiger partial charge in [0, 0.05) is 0 Å². The van der Waals surface area contributed by atoms with Crippen molar-refractivity contribution in [2.24, 2.45) is 0 Å². The van der Waals surface area contributed by atoms with E-state index in [2.05, 4.69) is 4.74 Å². The molecule has 0 aliphatic rings. The minimum absolute atomic E-state index is 0.0501. The van der Waals surface area contributed by atoms with Crippen LogP contribution in [0.15, 0.2) is 30.0 Å². The van der Waals surface area contributed by atoms with Crippen molar-refractivity contribution in [2.45, 2.75) is 20.3 Å². The minimum atomic E-state index is -0.875. The number of carbonyl (C=O) groups excluding carboxylic acids is 1. The average molecular weight is 245 g/mol. The molecule has 0 aliphatic heterocycles. The van der Waals surface area contributed by atoms with Gasteiger partial charge < -0.3 is 9.84 Å². The Balaban J connectivity index is 3.29. The molecule has 0 aromatic heterocycles. The van der Waals surface area contributed by atoms with E-state index in [9.17, 15) is 9.90 Å². The molecule has 94 valence electrons. The maximum absolute atomic E-state index is 11.4. The van der Waals surface area contributed by atoms with Crippen LogP contribution in [-0.2, 0) is 16.0 Å². The SMILES string of the molecule is CCOC(=O)/C(O)=C(/C#N)c1ccccc1CC. The number of nitrogens with zero attached hydrogens (tertiary/aromatic N) is 1. The van der Waals surface area contributed by atoms with Crippen molar-refractivity contribution in [1.29, 1.82) is 5.26 Å². The smallest absolute Gasteiger partial charge is 0.374 e. The van der Waals surface area contributed by atoms with Gasteiger partial charge in [0.1, 0.15) is 11.6 Å². The summed E-state index contributed by atoms with van der Waals surface area (Å²) in [6.07, 6.45) is 0.706. The van der Waals surface area contributed by atoms with Crippen LogP contribution in [0.4, 0.5) is 0 Å². The van der Waals surface area contributed by atoms with E-state index in [0.717, 1.165) is 5.56 Å². The summed E-state index contributed by atoms with van der Waals surface area (Å²) in [6, 6.07) is 9.01. The zero-order valence-electron chi connectivity index (χ0n) is 10.4. The lowest BCUT2D eigenvalue weighted by Crippen LogP contribution is -2.09. The van der Waals surface area contributed by atoms with E-state index in [1.54, 1.807) is 19.1 Å². The number of hydrogen-bond acceptors (Lipinski definition) is 4. The van der Waals surface area contributed by atoms with Crippen LogP contribution in [0.2, 0.25) is 0 Å². The predicted octanol–water partition coefficient (Wildman–Crippen LogP) is 2.60. The molecule has 0 aliphatic carbocycles. The highest BCUT2D eigenvalue weighted by molar-refractivity contribution is 5.99. The molecule has 18 heavy (non-hydrogen) atoms. The van der Waals surface area contributed by atoms with Gasteiger partial charge in [0.25, 0.3) is 0 Å². The number of carbonyl (C=O) groups is 1. The van der Waals surface area contributed by atoms with Crippen LogP contribution in [0.1, 0.15) is 25.0 Å². The largest absolute Gasteiger partial charge is 0.501 e. The Hall–Kier alpha value is -2.28. The zero-order chi connectivity index (χ0) is 13.5. The maximum Gasteiger partial charge on any atom is 0.374 e. The van der Waals surface area contributed by atoms with Gasteiger partial charge in [-0.2, -0.15) is 5.26 Å². The van der Waals surface area contributed by atoms with Gasteiger partial charge >= 0.3 is 5.97 Å². The van der Waals surface area contributed by atoms with Crippen LogP contribution in [0.3, 0.4) is 0 Å². The summed E-state index contributed by atoms with van der Waals surface area (Å²) in [7, 11) is 0. The number of hydrogen-bond donors (Lipinski definition) is 1. The van der Waals surface area contributed by atoms with E-state index in [1.807, 2.05) is 25.1 Å². The van der Waals surface area contributed by atoms with Gasteiger partial charge in [-0.05, 0) is 24.5 Å². The fourth-order valence-corrected chi connectivity index (χ4v) is 1.61. The molecule has 0 amide bonds. The van der Waals surface area contributed by atoms with Gasteiger partial charge in [0.15, 0.2) is 0 Å². The zero-order valence-corrected chi connectivity index (χ0v) is 10.4. The highest BCUT2D eigenvalue weighted by Gasteiger charge is 2.18. The van der Waals surface area contributed by atoms with Crippen molar-refractivity contribution in [3.8, 4) is 6.07 Å². The third-order valence-electron chi connectivity index (χ3n) is 2.48. The van der Waals surface area contributed by atoms with Gasteiger partial charge in [-0.1, -0.05) is 31.2 Å². The van der Waals surface area contributed by atoms with Gasteiger partial charge in [-0.3, -0.25) is 0 Å². The molecule has 0 unspecified atom stereocenters. The average Bonchev–Trinajstić information content (AvgIpc) is 2.40. The molecule has 1 rings (SSSR count). The summed E-state index contributed by atoms with van der Waals surface area (Å²) < 4.78 is 4.68. The molecule has 4 heteroatoms. The molecular formula is C14H15NO3. The number of aliphatic hydroxyl groups is 1. The van der Waals surface area contributed by atoms with Crippen molar-refractivity contribution in [1.82, 2.24) is 0 Å². The second-order valence-electron chi connectivity index (χ2n) is 3.57. The topological polar surface area (TPSA) is 70.3 Å². The van der Waals surface area contributed by atoms with Crippen molar-refractivity contribution in [2.75, 3.05) is 6.61 Å². The molecule has 0 saturated heterocycles. The lowest BCUT2D eigenvalue weighted by molar-refractivity contribution is -0.141. The molecule has 0 bridgehead atoms.